The quantitative estimate of drug-likeness (QED) is 0.628. The average molecular weight is 368 g/mol. The summed E-state index contributed by atoms with van der Waals surface area (Å²) in [6.45, 7) is 1.48. The summed E-state index contributed by atoms with van der Waals surface area (Å²) in [6.07, 6.45) is 0. The zero-order valence-corrected chi connectivity index (χ0v) is 14.4. The number of methoxy groups -OCH3 is 1. The number of hydrogen-bond acceptors (Lipinski definition) is 3. The number of benzene rings is 1. The summed E-state index contributed by atoms with van der Waals surface area (Å²) in [5, 5.41) is 8.66. The zero-order valence-electron chi connectivity index (χ0n) is 12.0. The largest absolute Gasteiger partial charge is 0.497 e. The second kappa shape index (κ2) is 8.05. The smallest absolute Gasteiger partial charge is 0.191 e. The lowest BCUT2D eigenvalue weighted by molar-refractivity contribution is 0.414. The minimum Gasteiger partial charge on any atom is -0.497 e. The normalized spacial score (nSPS) is 11.3. The van der Waals surface area contributed by atoms with Gasteiger partial charge in [-0.05, 0) is 39.7 Å². The van der Waals surface area contributed by atoms with E-state index in [-0.39, 0.29) is 0 Å². The maximum Gasteiger partial charge on any atom is 0.191 e. The highest BCUT2D eigenvalue weighted by Crippen LogP contribution is 2.19. The fourth-order valence-corrected chi connectivity index (χ4v) is 3.16. The lowest BCUT2D eigenvalue weighted by atomic mass is 10.2. The molecule has 2 aromatic rings. The molecule has 1 aromatic heterocycles. The molecule has 1 aromatic carbocycles. The zero-order chi connectivity index (χ0) is 15.1. The predicted molar refractivity (Wildman–Crippen MR) is 92.1 cm³/mol. The third-order valence-electron chi connectivity index (χ3n) is 2.89. The van der Waals surface area contributed by atoms with Gasteiger partial charge in [-0.2, -0.15) is 0 Å². The highest BCUT2D eigenvalue weighted by atomic mass is 79.9. The summed E-state index contributed by atoms with van der Waals surface area (Å²) in [6, 6.07) is 10.1. The van der Waals surface area contributed by atoms with Crippen LogP contribution in [0.1, 0.15) is 10.4 Å². The number of nitrogens with one attached hydrogen (secondary N) is 2. The summed E-state index contributed by atoms with van der Waals surface area (Å²) in [4.78, 5) is 5.48. The Balaban J connectivity index is 1.81. The second-order valence-corrected chi connectivity index (χ2v) is 6.27. The molecule has 0 spiro atoms. The lowest BCUT2D eigenvalue weighted by Crippen LogP contribution is -2.36. The Bertz CT molecular complexity index is 595. The van der Waals surface area contributed by atoms with Gasteiger partial charge < -0.3 is 15.4 Å². The van der Waals surface area contributed by atoms with Gasteiger partial charge in [-0.25, -0.2) is 0 Å². The van der Waals surface area contributed by atoms with Crippen LogP contribution in [0.5, 0.6) is 5.75 Å². The van der Waals surface area contributed by atoms with Gasteiger partial charge in [-0.3, -0.25) is 4.99 Å². The van der Waals surface area contributed by atoms with E-state index in [0.29, 0.717) is 0 Å². The number of rotatable bonds is 5. The van der Waals surface area contributed by atoms with Crippen molar-refractivity contribution in [2.24, 2.45) is 4.99 Å². The van der Waals surface area contributed by atoms with E-state index in [1.807, 2.05) is 24.3 Å². The van der Waals surface area contributed by atoms with E-state index in [4.69, 9.17) is 4.74 Å². The minimum absolute atomic E-state index is 0.720. The van der Waals surface area contributed by atoms with Crippen LogP contribution >= 0.6 is 27.3 Å². The van der Waals surface area contributed by atoms with Crippen molar-refractivity contribution >= 4 is 33.2 Å². The highest BCUT2D eigenvalue weighted by molar-refractivity contribution is 9.10. The van der Waals surface area contributed by atoms with Crippen molar-refractivity contribution in [2.75, 3.05) is 14.2 Å². The molecule has 0 aliphatic heterocycles. The van der Waals surface area contributed by atoms with Crippen LogP contribution in [-0.2, 0) is 13.1 Å². The van der Waals surface area contributed by atoms with E-state index in [1.54, 1.807) is 25.5 Å². The van der Waals surface area contributed by atoms with Gasteiger partial charge in [0.15, 0.2) is 5.96 Å². The van der Waals surface area contributed by atoms with E-state index in [0.717, 1.165) is 29.3 Å². The van der Waals surface area contributed by atoms with Crippen molar-refractivity contribution in [1.82, 2.24) is 10.6 Å². The SMILES string of the molecule is CN=C(NCc1ccc(OC)cc1)NCc1cc(Br)cs1. The molecular weight excluding hydrogens is 350 g/mol. The van der Waals surface area contributed by atoms with Gasteiger partial charge in [0.2, 0.25) is 0 Å². The monoisotopic (exact) mass is 367 g/mol. The lowest BCUT2D eigenvalue weighted by Gasteiger charge is -2.11. The van der Waals surface area contributed by atoms with Crippen LogP contribution in [0.15, 0.2) is 45.2 Å². The fraction of sp³-hybridized carbons (Fsp3) is 0.267. The first kappa shape index (κ1) is 15.9. The second-order valence-electron chi connectivity index (χ2n) is 4.36. The van der Waals surface area contributed by atoms with Gasteiger partial charge >= 0.3 is 0 Å². The molecule has 112 valence electrons. The summed E-state index contributed by atoms with van der Waals surface area (Å²) < 4.78 is 6.26. The minimum atomic E-state index is 0.720. The van der Waals surface area contributed by atoms with Crippen molar-refractivity contribution in [1.29, 1.82) is 0 Å². The number of hydrogen-bond donors (Lipinski definition) is 2. The Morgan fingerprint density at radius 3 is 2.52 bits per heavy atom. The molecule has 0 bridgehead atoms. The van der Waals surface area contributed by atoms with E-state index >= 15 is 0 Å². The molecule has 2 rings (SSSR count). The van der Waals surface area contributed by atoms with Gasteiger partial charge in [0.05, 0.1) is 13.7 Å². The highest BCUT2D eigenvalue weighted by Gasteiger charge is 2.01. The van der Waals surface area contributed by atoms with Crippen LogP contribution in [0.2, 0.25) is 0 Å². The van der Waals surface area contributed by atoms with Crippen LogP contribution in [0.25, 0.3) is 0 Å². The molecule has 0 unspecified atom stereocenters. The van der Waals surface area contributed by atoms with Crippen LogP contribution < -0.4 is 15.4 Å². The molecule has 6 heteroatoms. The summed E-state index contributed by atoms with van der Waals surface area (Å²) in [5.41, 5.74) is 1.18. The van der Waals surface area contributed by atoms with Crippen molar-refractivity contribution < 1.29 is 4.74 Å². The third kappa shape index (κ3) is 5.06. The maximum absolute atomic E-state index is 5.15. The summed E-state index contributed by atoms with van der Waals surface area (Å²) >= 11 is 5.17. The van der Waals surface area contributed by atoms with Crippen LogP contribution in [0.3, 0.4) is 0 Å². The first-order chi connectivity index (χ1) is 10.2. The van der Waals surface area contributed by atoms with Gasteiger partial charge in [0.25, 0.3) is 0 Å². The molecule has 0 saturated carbocycles. The number of halogens is 1. The molecule has 0 fully saturated rings. The van der Waals surface area contributed by atoms with Gasteiger partial charge in [0.1, 0.15) is 5.75 Å². The Labute approximate surface area is 137 Å². The molecule has 1 heterocycles. The summed E-state index contributed by atoms with van der Waals surface area (Å²) in [7, 11) is 3.44. The molecule has 0 radical (unpaired) electrons. The molecule has 0 aliphatic carbocycles. The molecular formula is C15H18BrN3OS. The Morgan fingerprint density at radius 2 is 1.95 bits per heavy atom. The Morgan fingerprint density at radius 1 is 1.24 bits per heavy atom. The number of nitrogens with zero attached hydrogens (tertiary/aromatic N) is 1. The van der Waals surface area contributed by atoms with E-state index in [1.165, 1.54) is 10.4 Å². The number of aliphatic imine (C=N–C) groups is 1. The average Bonchev–Trinajstić information content (AvgIpc) is 2.93. The number of ether oxygens (including phenoxy) is 1. The van der Waals surface area contributed by atoms with Crippen LogP contribution in [0, 0.1) is 0 Å². The van der Waals surface area contributed by atoms with Gasteiger partial charge in [0, 0.05) is 28.3 Å². The first-order valence-corrected chi connectivity index (χ1v) is 8.19. The van der Waals surface area contributed by atoms with E-state index < -0.39 is 0 Å². The van der Waals surface area contributed by atoms with Gasteiger partial charge in [-0.15, -0.1) is 11.3 Å². The van der Waals surface area contributed by atoms with Crippen molar-refractivity contribution in [2.45, 2.75) is 13.1 Å². The van der Waals surface area contributed by atoms with Crippen LogP contribution in [-0.4, -0.2) is 20.1 Å². The molecule has 2 N–H and O–H groups in total. The van der Waals surface area contributed by atoms with Crippen molar-refractivity contribution in [3.05, 3.63) is 50.6 Å². The first-order valence-electron chi connectivity index (χ1n) is 6.51. The summed E-state index contributed by atoms with van der Waals surface area (Å²) in [5.74, 6) is 1.65. The third-order valence-corrected chi connectivity index (χ3v) is 4.59. The molecule has 21 heavy (non-hydrogen) atoms. The number of thiophene rings is 1. The molecule has 0 saturated heterocycles. The van der Waals surface area contributed by atoms with E-state index in [9.17, 15) is 0 Å². The van der Waals surface area contributed by atoms with E-state index in [2.05, 4.69) is 43.0 Å². The number of guanidine groups is 1. The maximum atomic E-state index is 5.15. The fourth-order valence-electron chi connectivity index (χ4n) is 1.77. The van der Waals surface area contributed by atoms with Crippen LogP contribution in [0.4, 0.5) is 0 Å². The Hall–Kier alpha value is -1.53. The molecule has 0 amide bonds. The standard InChI is InChI=1S/C15H18BrN3OS/c1-17-15(19-9-14-7-12(16)10-21-14)18-8-11-3-5-13(20-2)6-4-11/h3-7,10H,8-9H2,1-2H3,(H2,17,18,19). The topological polar surface area (TPSA) is 45.7 Å². The van der Waals surface area contributed by atoms with Crippen molar-refractivity contribution in [3.63, 3.8) is 0 Å². The molecule has 0 atom stereocenters. The van der Waals surface area contributed by atoms with Crippen molar-refractivity contribution in [3.8, 4) is 5.75 Å². The van der Waals surface area contributed by atoms with Gasteiger partial charge in [-0.1, -0.05) is 12.1 Å². The molecule has 0 aliphatic rings. The predicted octanol–water partition coefficient (Wildman–Crippen LogP) is 3.38. The Kier molecular flexibility index (Phi) is 6.07. The molecule has 4 nitrogen and oxygen atoms in total.